The van der Waals surface area contributed by atoms with Crippen molar-refractivity contribution < 1.29 is 9.21 Å². The molecule has 0 N–H and O–H groups in total. The van der Waals surface area contributed by atoms with Crippen molar-refractivity contribution in [3.63, 3.8) is 0 Å². The van der Waals surface area contributed by atoms with Crippen LogP contribution in [0.2, 0.25) is 0 Å². The van der Waals surface area contributed by atoms with E-state index in [1.807, 2.05) is 24.3 Å². The lowest BCUT2D eigenvalue weighted by molar-refractivity contribution is 0.0895. The van der Waals surface area contributed by atoms with Gasteiger partial charge in [-0.15, -0.1) is 0 Å². The van der Waals surface area contributed by atoms with Crippen LogP contribution in [0.3, 0.4) is 0 Å². The van der Waals surface area contributed by atoms with E-state index < -0.39 is 5.76 Å². The Morgan fingerprint density at radius 3 is 2.00 bits per heavy atom. The largest absolute Gasteiger partial charge is 0.426 e. The first-order valence-corrected chi connectivity index (χ1v) is 19.2. The van der Waals surface area contributed by atoms with Crippen molar-refractivity contribution >= 4 is 22.7 Å². The maximum Gasteiger partial charge on any atom is 0.426 e. The maximum absolute atomic E-state index is 13.2. The average molecular weight is 698 g/mol. The molecule has 0 radical (unpaired) electrons. The number of hydrogen-bond acceptors (Lipinski definition) is 5. The number of rotatable bonds is 19. The topological polar surface area (TPSA) is 58.7 Å². The quantitative estimate of drug-likeness (QED) is 0.0721. The fourth-order valence-corrected chi connectivity index (χ4v) is 6.59. The molecule has 5 rings (SSSR count). The molecule has 1 saturated heterocycles. The van der Waals surface area contributed by atoms with Gasteiger partial charge in [-0.1, -0.05) is 129 Å². The molecule has 0 saturated carbocycles. The average Bonchev–Trinajstić information content (AvgIpc) is 3.52. The van der Waals surface area contributed by atoms with E-state index >= 15 is 0 Å². The molecular weight excluding hydrogens is 643 g/mol. The second-order valence-electron chi connectivity index (χ2n) is 13.4. The summed E-state index contributed by atoms with van der Waals surface area (Å²) in [7, 11) is 0. The molecule has 1 fully saturated rings. The number of carbonyl (C=O) groups excluding carboxylic acids is 1. The van der Waals surface area contributed by atoms with E-state index in [-0.39, 0.29) is 5.91 Å². The van der Waals surface area contributed by atoms with E-state index in [9.17, 15) is 9.59 Å². The molecular formula is C46H55N3O3. The van der Waals surface area contributed by atoms with Gasteiger partial charge < -0.3 is 9.32 Å². The second kappa shape index (κ2) is 21.4. The van der Waals surface area contributed by atoms with E-state index in [0.717, 1.165) is 96.2 Å². The number of para-hydroxylation sites is 1. The first-order chi connectivity index (χ1) is 25.6. The fourth-order valence-electron chi connectivity index (χ4n) is 6.59. The molecule has 1 aliphatic heterocycles. The summed E-state index contributed by atoms with van der Waals surface area (Å²) in [5.41, 5.74) is 5.71. The number of allylic oxidation sites excluding steroid dienone is 10. The van der Waals surface area contributed by atoms with Gasteiger partial charge in [0.05, 0.1) is 5.69 Å². The number of piperazine rings is 1. The Morgan fingerprint density at radius 2 is 1.31 bits per heavy atom. The van der Waals surface area contributed by atoms with Gasteiger partial charge in [-0.2, -0.15) is 0 Å². The monoisotopic (exact) mass is 697 g/mol. The summed E-state index contributed by atoms with van der Waals surface area (Å²) in [5, 5.41) is 0. The number of nitrogens with zero attached hydrogens (tertiary/aromatic N) is 3. The van der Waals surface area contributed by atoms with Crippen LogP contribution in [0.4, 0.5) is 5.69 Å². The molecule has 4 aromatic rings. The highest BCUT2D eigenvalue weighted by molar-refractivity contribution is 5.94. The lowest BCUT2D eigenvalue weighted by atomic mass is 10.0. The predicted octanol–water partition coefficient (Wildman–Crippen LogP) is 10.9. The Bertz CT molecular complexity index is 1880. The predicted molar refractivity (Wildman–Crippen MR) is 218 cm³/mol. The van der Waals surface area contributed by atoms with Gasteiger partial charge in [0, 0.05) is 39.1 Å². The van der Waals surface area contributed by atoms with Crippen molar-refractivity contribution in [2.45, 2.75) is 77.7 Å². The summed E-state index contributed by atoms with van der Waals surface area (Å²) < 4.78 is 6.97. The number of carbonyl (C=O) groups is 1. The van der Waals surface area contributed by atoms with Crippen molar-refractivity contribution in [1.82, 2.24) is 9.47 Å². The lowest BCUT2D eigenvalue weighted by Crippen LogP contribution is -2.46. The molecule has 2 heterocycles. The third-order valence-electron chi connectivity index (χ3n) is 9.41. The van der Waals surface area contributed by atoms with Crippen molar-refractivity contribution in [1.29, 1.82) is 0 Å². The number of oxazole rings is 1. The highest BCUT2D eigenvalue weighted by Gasteiger charge is 2.23. The number of fused-ring (bicyclic) bond motifs is 1. The number of benzene rings is 3. The van der Waals surface area contributed by atoms with Crippen LogP contribution in [0.5, 0.6) is 0 Å². The summed E-state index contributed by atoms with van der Waals surface area (Å²) in [6.45, 7) is 6.48. The van der Waals surface area contributed by atoms with E-state index in [2.05, 4.69) is 126 Å². The van der Waals surface area contributed by atoms with E-state index in [4.69, 9.17) is 4.42 Å². The van der Waals surface area contributed by atoms with Gasteiger partial charge in [0.25, 0.3) is 0 Å². The van der Waals surface area contributed by atoms with Crippen LogP contribution in [0.1, 0.15) is 81.5 Å². The SMILES string of the molecule is CC/C=C\C/C=C\C/C=C\C/C=C\C/C=C\CCCCCC(=O)n1c(=O)oc2c(N3CCN(Cc4cccc(-c5ccccc5)c4)CC3)cccc21. The van der Waals surface area contributed by atoms with Crippen LogP contribution >= 0.6 is 0 Å². The van der Waals surface area contributed by atoms with Crippen molar-refractivity contribution in [3.05, 3.63) is 150 Å². The third-order valence-corrected chi connectivity index (χ3v) is 9.41. The first kappa shape index (κ1) is 38.3. The van der Waals surface area contributed by atoms with Gasteiger partial charge in [0.15, 0.2) is 5.58 Å². The van der Waals surface area contributed by atoms with Crippen LogP contribution in [-0.2, 0) is 6.54 Å². The van der Waals surface area contributed by atoms with Gasteiger partial charge in [-0.25, -0.2) is 9.36 Å². The maximum atomic E-state index is 13.2. The van der Waals surface area contributed by atoms with Crippen molar-refractivity contribution in [3.8, 4) is 11.1 Å². The first-order valence-electron chi connectivity index (χ1n) is 19.2. The zero-order valence-electron chi connectivity index (χ0n) is 30.9. The van der Waals surface area contributed by atoms with E-state index in [0.29, 0.717) is 17.5 Å². The zero-order chi connectivity index (χ0) is 36.2. The zero-order valence-corrected chi connectivity index (χ0v) is 30.9. The van der Waals surface area contributed by atoms with Gasteiger partial charge in [0.2, 0.25) is 5.91 Å². The van der Waals surface area contributed by atoms with Gasteiger partial charge in [-0.3, -0.25) is 9.69 Å². The van der Waals surface area contributed by atoms with Gasteiger partial charge >= 0.3 is 5.76 Å². The number of anilines is 1. The molecule has 3 aromatic carbocycles. The van der Waals surface area contributed by atoms with E-state index in [1.54, 1.807) is 0 Å². The minimum Gasteiger partial charge on any atom is -0.405 e. The Morgan fingerprint density at radius 1 is 0.673 bits per heavy atom. The molecule has 0 spiro atoms. The molecule has 1 aromatic heterocycles. The molecule has 272 valence electrons. The van der Waals surface area contributed by atoms with Crippen LogP contribution < -0.4 is 10.7 Å². The van der Waals surface area contributed by atoms with Crippen LogP contribution in [-0.4, -0.2) is 41.6 Å². The standard InChI is InChI=1S/C46H55N3O3/c1-2-3-4-5-6-7-8-9-10-11-12-13-14-15-16-17-18-19-23-32-44(50)49-43-31-25-30-42(45(43)52-46(49)51)48-35-33-47(34-36-48)38-39-26-24-29-41(37-39)40-27-21-20-22-28-40/h3-4,6-7,9-10,12-13,15-16,20-22,24-31,37H,2,5,8,11,14,17-19,23,32-36,38H2,1H3/b4-3-,7-6-,10-9-,13-12-,16-15-. The van der Waals surface area contributed by atoms with Gasteiger partial charge in [-0.05, 0) is 86.3 Å². The summed E-state index contributed by atoms with van der Waals surface area (Å²) in [4.78, 5) is 30.9. The fraction of sp³-hybridized carbons (Fsp3) is 0.348. The van der Waals surface area contributed by atoms with Crippen LogP contribution in [0.25, 0.3) is 22.2 Å². The molecule has 6 nitrogen and oxygen atoms in total. The molecule has 0 aliphatic carbocycles. The van der Waals surface area contributed by atoms with Crippen molar-refractivity contribution in [2.24, 2.45) is 0 Å². The summed E-state index contributed by atoms with van der Waals surface area (Å²) >= 11 is 0. The molecule has 0 amide bonds. The second-order valence-corrected chi connectivity index (χ2v) is 13.4. The van der Waals surface area contributed by atoms with Crippen LogP contribution in [0, 0.1) is 0 Å². The molecule has 52 heavy (non-hydrogen) atoms. The Kier molecular flexibility index (Phi) is 15.8. The number of hydrogen-bond donors (Lipinski definition) is 0. The normalized spacial score (nSPS) is 14.4. The Hall–Kier alpha value is -4.94. The highest BCUT2D eigenvalue weighted by Crippen LogP contribution is 2.28. The molecule has 0 unspecified atom stereocenters. The minimum absolute atomic E-state index is 0.196. The Labute approximate surface area is 310 Å². The summed E-state index contributed by atoms with van der Waals surface area (Å²) in [5.74, 6) is -0.790. The summed E-state index contributed by atoms with van der Waals surface area (Å²) in [6.07, 6.45) is 31.1. The smallest absolute Gasteiger partial charge is 0.405 e. The lowest BCUT2D eigenvalue weighted by Gasteiger charge is -2.36. The van der Waals surface area contributed by atoms with Gasteiger partial charge in [0.1, 0.15) is 5.52 Å². The molecule has 0 atom stereocenters. The van der Waals surface area contributed by atoms with Crippen molar-refractivity contribution in [2.75, 3.05) is 31.1 Å². The molecule has 1 aliphatic rings. The Balaban J connectivity index is 1.01. The summed E-state index contributed by atoms with van der Waals surface area (Å²) in [6, 6.07) is 25.0. The van der Waals surface area contributed by atoms with E-state index in [1.165, 1.54) is 21.3 Å². The molecule has 6 heteroatoms. The third kappa shape index (κ3) is 11.8. The molecule has 0 bridgehead atoms. The minimum atomic E-state index is -0.594. The number of unbranched alkanes of at least 4 members (excludes halogenated alkanes) is 3. The van der Waals surface area contributed by atoms with Crippen LogP contribution in [0.15, 0.2) is 143 Å². The number of aromatic nitrogens is 1. The highest BCUT2D eigenvalue weighted by atomic mass is 16.4.